The molecule has 0 spiro atoms. The van der Waals surface area contributed by atoms with Gasteiger partial charge in [-0.3, -0.25) is 0 Å². The molecular formula is C5H6N3Se. The molecular weight excluding hydrogens is 181 g/mol. The van der Waals surface area contributed by atoms with Gasteiger partial charge in [-0.25, -0.2) is 0 Å². The molecule has 0 aliphatic rings. The van der Waals surface area contributed by atoms with Crippen LogP contribution in [-0.4, -0.2) is 31.2 Å². The van der Waals surface area contributed by atoms with Crippen LogP contribution in [-0.2, 0) is 0 Å². The van der Waals surface area contributed by atoms with Crippen LogP contribution in [0.15, 0.2) is 0 Å². The molecule has 47 valence electrons. The van der Waals surface area contributed by atoms with Gasteiger partial charge in [0.25, 0.3) is 0 Å². The van der Waals surface area contributed by atoms with Gasteiger partial charge in [0.05, 0.1) is 0 Å². The number of nitrogens with zero attached hydrogens (tertiary/aromatic N) is 3. The molecule has 0 unspecified atom stereocenters. The van der Waals surface area contributed by atoms with Crippen LogP contribution >= 0.6 is 0 Å². The molecule has 1 aromatic rings. The van der Waals surface area contributed by atoms with Gasteiger partial charge in [0.15, 0.2) is 0 Å². The van der Waals surface area contributed by atoms with E-state index in [0.29, 0.717) is 4.72 Å². The van der Waals surface area contributed by atoms with E-state index in [0.717, 1.165) is 11.4 Å². The molecule has 0 fully saturated rings. The van der Waals surface area contributed by atoms with E-state index in [9.17, 15) is 0 Å². The molecule has 0 N–H and O–H groups in total. The Morgan fingerprint density at radius 1 is 1.11 bits per heavy atom. The summed E-state index contributed by atoms with van der Waals surface area (Å²) >= 11 is 2.69. The van der Waals surface area contributed by atoms with E-state index in [1.165, 1.54) is 0 Å². The maximum atomic E-state index is 4.04. The van der Waals surface area contributed by atoms with Crippen molar-refractivity contribution in [2.75, 3.05) is 0 Å². The van der Waals surface area contributed by atoms with Gasteiger partial charge in [0, 0.05) is 0 Å². The van der Waals surface area contributed by atoms with Crippen molar-refractivity contribution in [3.05, 3.63) is 11.4 Å². The van der Waals surface area contributed by atoms with Crippen molar-refractivity contribution in [3.63, 3.8) is 0 Å². The second kappa shape index (κ2) is 2.41. The molecule has 0 saturated heterocycles. The van der Waals surface area contributed by atoms with Crippen molar-refractivity contribution in [1.29, 1.82) is 0 Å². The quantitative estimate of drug-likeness (QED) is 0.503. The number of aryl methyl sites for hydroxylation is 2. The Morgan fingerprint density at radius 2 is 1.78 bits per heavy atom. The summed E-state index contributed by atoms with van der Waals surface area (Å²) in [6.45, 7) is 3.79. The van der Waals surface area contributed by atoms with E-state index in [4.69, 9.17) is 0 Å². The second-order valence-electron chi connectivity index (χ2n) is 1.77. The van der Waals surface area contributed by atoms with Gasteiger partial charge in [-0.2, -0.15) is 0 Å². The Morgan fingerprint density at radius 3 is 2.22 bits per heavy atom. The number of hydrogen-bond acceptors (Lipinski definition) is 3. The van der Waals surface area contributed by atoms with Crippen LogP contribution in [0.3, 0.4) is 0 Å². The van der Waals surface area contributed by atoms with E-state index in [-0.39, 0.29) is 0 Å². The van der Waals surface area contributed by atoms with Gasteiger partial charge in [-0.05, 0) is 0 Å². The zero-order chi connectivity index (χ0) is 6.85. The summed E-state index contributed by atoms with van der Waals surface area (Å²) in [6.07, 6.45) is 0. The van der Waals surface area contributed by atoms with E-state index in [1.807, 2.05) is 13.8 Å². The average Bonchev–Trinajstić information content (AvgIpc) is 1.80. The van der Waals surface area contributed by atoms with Gasteiger partial charge in [0.1, 0.15) is 0 Å². The molecule has 1 heterocycles. The predicted octanol–water partition coefficient (Wildman–Crippen LogP) is -0.718. The molecule has 0 atom stereocenters. The van der Waals surface area contributed by atoms with E-state index >= 15 is 0 Å². The first-order valence-electron chi connectivity index (χ1n) is 2.55. The van der Waals surface area contributed by atoms with E-state index in [2.05, 4.69) is 31.2 Å². The fraction of sp³-hybridized carbons (Fsp3) is 0.400. The first kappa shape index (κ1) is 6.65. The van der Waals surface area contributed by atoms with Crippen LogP contribution in [0.2, 0.25) is 0 Å². The SMILES string of the molecule is Cc1nnc([Se])nc1C. The normalized spacial score (nSPS) is 9.56. The van der Waals surface area contributed by atoms with Gasteiger partial charge >= 0.3 is 61.2 Å². The Balaban J connectivity index is 3.17. The predicted molar refractivity (Wildman–Crippen MR) is 34.7 cm³/mol. The molecule has 0 aliphatic heterocycles. The number of rotatable bonds is 0. The summed E-state index contributed by atoms with van der Waals surface area (Å²) in [5.74, 6) is 0. The molecule has 0 amide bonds. The van der Waals surface area contributed by atoms with Gasteiger partial charge in [0.2, 0.25) is 0 Å². The molecule has 0 saturated carbocycles. The van der Waals surface area contributed by atoms with Crippen molar-refractivity contribution in [1.82, 2.24) is 15.2 Å². The third kappa shape index (κ3) is 1.47. The molecule has 0 aromatic carbocycles. The van der Waals surface area contributed by atoms with Crippen molar-refractivity contribution < 1.29 is 0 Å². The first-order chi connectivity index (χ1) is 4.20. The zero-order valence-corrected chi connectivity index (χ0v) is 6.96. The number of aromatic nitrogens is 3. The molecule has 0 bridgehead atoms. The monoisotopic (exact) mass is 188 g/mol. The van der Waals surface area contributed by atoms with E-state index < -0.39 is 0 Å². The number of hydrogen-bond donors (Lipinski definition) is 0. The summed E-state index contributed by atoms with van der Waals surface area (Å²) in [5.41, 5.74) is 1.81. The van der Waals surface area contributed by atoms with Crippen LogP contribution in [0.4, 0.5) is 0 Å². The minimum absolute atomic E-state index is 0.609. The average molecular weight is 187 g/mol. The van der Waals surface area contributed by atoms with Crippen molar-refractivity contribution in [3.8, 4) is 0 Å². The maximum absolute atomic E-state index is 4.04. The van der Waals surface area contributed by atoms with E-state index in [1.54, 1.807) is 0 Å². The zero-order valence-electron chi connectivity index (χ0n) is 5.25. The Kier molecular flexibility index (Phi) is 1.78. The second-order valence-corrected chi connectivity index (χ2v) is 2.53. The van der Waals surface area contributed by atoms with Gasteiger partial charge < -0.3 is 0 Å². The van der Waals surface area contributed by atoms with Crippen LogP contribution in [0.5, 0.6) is 0 Å². The van der Waals surface area contributed by atoms with Crippen LogP contribution in [0, 0.1) is 13.8 Å². The summed E-state index contributed by atoms with van der Waals surface area (Å²) in [4.78, 5) is 4.04. The molecule has 4 heteroatoms. The topological polar surface area (TPSA) is 38.7 Å². The van der Waals surface area contributed by atoms with Crippen LogP contribution in [0.1, 0.15) is 11.4 Å². The fourth-order valence-electron chi connectivity index (χ4n) is 0.437. The standard InChI is InChI=1S/C5H6N3Se/c1-3-4(2)7-8-5(9)6-3/h1-2H3. The molecule has 1 rings (SSSR count). The molecule has 1 aromatic heterocycles. The first-order valence-corrected chi connectivity index (χ1v) is 3.41. The summed E-state index contributed by atoms with van der Waals surface area (Å²) in [5, 5.41) is 7.56. The summed E-state index contributed by atoms with van der Waals surface area (Å²) in [7, 11) is 0. The van der Waals surface area contributed by atoms with Gasteiger partial charge in [-0.1, -0.05) is 0 Å². The molecule has 0 aliphatic carbocycles. The Labute approximate surface area is 61.7 Å². The molecule has 9 heavy (non-hydrogen) atoms. The van der Waals surface area contributed by atoms with Crippen molar-refractivity contribution in [2.45, 2.75) is 13.8 Å². The molecule has 3 nitrogen and oxygen atoms in total. The third-order valence-corrected chi connectivity index (χ3v) is 1.44. The minimum atomic E-state index is 0.609. The molecule has 1 radical (unpaired) electrons. The fourth-order valence-corrected chi connectivity index (χ4v) is 0.810. The summed E-state index contributed by atoms with van der Waals surface area (Å²) in [6, 6.07) is 0. The van der Waals surface area contributed by atoms with Gasteiger partial charge in [-0.15, -0.1) is 0 Å². The third-order valence-electron chi connectivity index (χ3n) is 1.07. The Hall–Kier alpha value is -0.471. The summed E-state index contributed by atoms with van der Waals surface area (Å²) < 4.78 is 0.609. The van der Waals surface area contributed by atoms with Crippen molar-refractivity contribution >= 4 is 20.7 Å². The van der Waals surface area contributed by atoms with Crippen molar-refractivity contribution in [2.24, 2.45) is 0 Å². The van der Waals surface area contributed by atoms with Crippen LogP contribution < -0.4 is 4.72 Å². The Bertz CT molecular complexity index is 223. The van der Waals surface area contributed by atoms with Crippen LogP contribution in [0.25, 0.3) is 0 Å².